The largest absolute Gasteiger partial charge is 0.455 e. The van der Waals surface area contributed by atoms with Gasteiger partial charge in [0.25, 0.3) is 5.91 Å². The number of benzene rings is 1. The van der Waals surface area contributed by atoms with Crippen LogP contribution in [-0.2, 0) is 19.1 Å². The van der Waals surface area contributed by atoms with E-state index in [2.05, 4.69) is 10.2 Å². The topological polar surface area (TPSA) is 67.9 Å². The van der Waals surface area contributed by atoms with Gasteiger partial charge in [-0.3, -0.25) is 9.59 Å². The van der Waals surface area contributed by atoms with Crippen LogP contribution in [0.15, 0.2) is 24.3 Å². The van der Waals surface area contributed by atoms with Crippen LogP contribution in [0.3, 0.4) is 0 Å². The van der Waals surface area contributed by atoms with Crippen LogP contribution in [0.5, 0.6) is 0 Å². The van der Waals surface area contributed by atoms with Gasteiger partial charge in [0.05, 0.1) is 30.0 Å². The van der Waals surface area contributed by atoms with E-state index in [-0.39, 0.29) is 23.9 Å². The zero-order valence-electron chi connectivity index (χ0n) is 16.9. The molecule has 6 heteroatoms. The number of amides is 1. The molecule has 5 fully saturated rings. The molecule has 0 atom stereocenters. The summed E-state index contributed by atoms with van der Waals surface area (Å²) in [6.07, 6.45) is 6.72. The van der Waals surface area contributed by atoms with E-state index < -0.39 is 0 Å². The summed E-state index contributed by atoms with van der Waals surface area (Å²) in [7, 11) is 0. The molecular formula is C23H30N2O4. The molecule has 1 aromatic carbocycles. The van der Waals surface area contributed by atoms with Gasteiger partial charge in [0.2, 0.25) is 0 Å². The second-order valence-corrected chi connectivity index (χ2v) is 9.44. The second-order valence-electron chi connectivity index (χ2n) is 9.44. The van der Waals surface area contributed by atoms with Crippen molar-refractivity contribution in [2.75, 3.05) is 43.1 Å². The molecule has 156 valence electrons. The molecule has 4 bridgehead atoms. The fourth-order valence-corrected chi connectivity index (χ4v) is 6.49. The van der Waals surface area contributed by atoms with Gasteiger partial charge >= 0.3 is 5.97 Å². The van der Waals surface area contributed by atoms with Crippen LogP contribution in [-0.4, -0.2) is 44.8 Å². The second kappa shape index (κ2) is 7.63. The summed E-state index contributed by atoms with van der Waals surface area (Å²) >= 11 is 0. The summed E-state index contributed by atoms with van der Waals surface area (Å²) < 4.78 is 11.0. The Morgan fingerprint density at radius 3 is 2.31 bits per heavy atom. The van der Waals surface area contributed by atoms with Crippen LogP contribution in [0.2, 0.25) is 0 Å². The van der Waals surface area contributed by atoms with E-state index in [9.17, 15) is 9.59 Å². The number of esters is 1. The first-order chi connectivity index (χ1) is 14.1. The maximum absolute atomic E-state index is 12.9. The number of carbonyl (C=O) groups excluding carboxylic acids is 2. The molecule has 1 saturated heterocycles. The number of hydrogen-bond donors (Lipinski definition) is 1. The lowest BCUT2D eigenvalue weighted by Crippen LogP contribution is -2.50. The van der Waals surface area contributed by atoms with Crippen LogP contribution >= 0.6 is 0 Å². The first kappa shape index (κ1) is 18.9. The number of rotatable bonds is 5. The lowest BCUT2D eigenvalue weighted by atomic mass is 9.49. The minimum atomic E-state index is -0.319. The molecule has 0 spiro atoms. The van der Waals surface area contributed by atoms with Crippen LogP contribution < -0.4 is 10.2 Å². The lowest BCUT2D eigenvalue weighted by Gasteiger charge is -2.55. The van der Waals surface area contributed by atoms with Crippen LogP contribution in [0, 0.1) is 23.2 Å². The van der Waals surface area contributed by atoms with Crippen molar-refractivity contribution in [1.82, 2.24) is 0 Å². The average Bonchev–Trinajstić information content (AvgIpc) is 2.72. The summed E-state index contributed by atoms with van der Waals surface area (Å²) in [4.78, 5) is 27.7. The van der Waals surface area contributed by atoms with E-state index in [1.165, 1.54) is 19.3 Å². The molecule has 29 heavy (non-hydrogen) atoms. The molecule has 4 aliphatic carbocycles. The third-order valence-corrected chi connectivity index (χ3v) is 7.34. The van der Waals surface area contributed by atoms with Gasteiger partial charge in [-0.25, -0.2) is 0 Å². The van der Waals surface area contributed by atoms with Crippen molar-refractivity contribution < 1.29 is 19.1 Å². The molecule has 1 aromatic rings. The third-order valence-electron chi connectivity index (χ3n) is 7.34. The van der Waals surface area contributed by atoms with E-state index >= 15 is 0 Å². The maximum atomic E-state index is 12.9. The van der Waals surface area contributed by atoms with Gasteiger partial charge < -0.3 is 19.7 Å². The molecule has 0 radical (unpaired) electrons. The van der Waals surface area contributed by atoms with E-state index in [0.717, 1.165) is 43.7 Å². The smallest absolute Gasteiger partial charge is 0.312 e. The van der Waals surface area contributed by atoms with E-state index in [1.54, 1.807) is 0 Å². The zero-order chi connectivity index (χ0) is 19.8. The van der Waals surface area contributed by atoms with Gasteiger partial charge in [-0.05, 0) is 68.4 Å². The Hall–Kier alpha value is -2.08. The molecule has 6 nitrogen and oxygen atoms in total. The van der Waals surface area contributed by atoms with E-state index in [4.69, 9.17) is 9.47 Å². The first-order valence-corrected chi connectivity index (χ1v) is 11.0. The first-order valence-electron chi connectivity index (χ1n) is 11.0. The Kier molecular flexibility index (Phi) is 4.98. The number of nitrogens with one attached hydrogen (secondary N) is 1. The van der Waals surface area contributed by atoms with Gasteiger partial charge in [0.15, 0.2) is 6.61 Å². The van der Waals surface area contributed by atoms with Crippen molar-refractivity contribution in [1.29, 1.82) is 0 Å². The summed E-state index contributed by atoms with van der Waals surface area (Å²) in [6, 6.07) is 7.76. The summed E-state index contributed by atoms with van der Waals surface area (Å²) in [5.41, 5.74) is 1.42. The van der Waals surface area contributed by atoms with Crippen molar-refractivity contribution in [2.24, 2.45) is 23.2 Å². The maximum Gasteiger partial charge on any atom is 0.312 e. The SMILES string of the molecule is O=C(COC(=O)C12CC3CC(CC(C3)C1)C2)Nc1ccccc1N1CCOCC1. The minimum Gasteiger partial charge on any atom is -0.455 e. The third kappa shape index (κ3) is 3.75. The molecule has 1 amide bonds. The van der Waals surface area contributed by atoms with Gasteiger partial charge in [0.1, 0.15) is 0 Å². The molecule has 1 aliphatic heterocycles. The lowest BCUT2D eigenvalue weighted by molar-refractivity contribution is -0.172. The molecule has 6 rings (SSSR count). The number of ether oxygens (including phenoxy) is 2. The fraction of sp³-hybridized carbons (Fsp3) is 0.652. The normalized spacial score (nSPS) is 32.8. The zero-order valence-corrected chi connectivity index (χ0v) is 16.9. The number of anilines is 2. The quantitative estimate of drug-likeness (QED) is 0.772. The number of carbonyl (C=O) groups is 2. The predicted molar refractivity (Wildman–Crippen MR) is 110 cm³/mol. The predicted octanol–water partition coefficient (Wildman–Crippen LogP) is 3.22. The highest BCUT2D eigenvalue weighted by Crippen LogP contribution is 2.60. The van der Waals surface area contributed by atoms with Gasteiger partial charge in [0, 0.05) is 13.1 Å². The van der Waals surface area contributed by atoms with Crippen molar-refractivity contribution >= 4 is 23.3 Å². The highest BCUT2D eigenvalue weighted by molar-refractivity contribution is 5.96. The number of para-hydroxylation sites is 2. The Bertz CT molecular complexity index is 752. The van der Waals surface area contributed by atoms with Crippen molar-refractivity contribution in [3.05, 3.63) is 24.3 Å². The molecular weight excluding hydrogens is 368 g/mol. The minimum absolute atomic E-state index is 0.145. The average molecular weight is 399 g/mol. The Morgan fingerprint density at radius 2 is 1.66 bits per heavy atom. The summed E-state index contributed by atoms with van der Waals surface area (Å²) in [5.74, 6) is 1.63. The van der Waals surface area contributed by atoms with Crippen LogP contribution in [0.1, 0.15) is 38.5 Å². The fourth-order valence-electron chi connectivity index (χ4n) is 6.49. The van der Waals surface area contributed by atoms with E-state index in [1.807, 2.05) is 24.3 Å². The molecule has 1 N–H and O–H groups in total. The van der Waals surface area contributed by atoms with Gasteiger partial charge in [-0.15, -0.1) is 0 Å². The van der Waals surface area contributed by atoms with Crippen LogP contribution in [0.25, 0.3) is 0 Å². The number of hydrogen-bond acceptors (Lipinski definition) is 5. The van der Waals surface area contributed by atoms with Gasteiger partial charge in [-0.2, -0.15) is 0 Å². The molecule has 0 unspecified atom stereocenters. The summed E-state index contributed by atoms with van der Waals surface area (Å²) in [6.45, 7) is 2.76. The van der Waals surface area contributed by atoms with Crippen LogP contribution in [0.4, 0.5) is 11.4 Å². The molecule has 0 aromatic heterocycles. The van der Waals surface area contributed by atoms with Crippen molar-refractivity contribution in [2.45, 2.75) is 38.5 Å². The monoisotopic (exact) mass is 398 g/mol. The van der Waals surface area contributed by atoms with Crippen molar-refractivity contribution in [3.8, 4) is 0 Å². The Morgan fingerprint density at radius 1 is 1.03 bits per heavy atom. The highest BCUT2D eigenvalue weighted by Gasteiger charge is 2.55. The molecule has 5 aliphatic rings. The standard InChI is InChI=1S/C23H30N2O4/c26-21(24-19-3-1-2-4-20(19)25-5-7-28-8-6-25)15-29-22(27)23-12-16-9-17(13-23)11-18(10-16)14-23/h1-4,16-18H,5-15H2,(H,24,26). The number of morpholine rings is 1. The van der Waals surface area contributed by atoms with Gasteiger partial charge in [-0.1, -0.05) is 12.1 Å². The Balaban J connectivity index is 1.19. The highest BCUT2D eigenvalue weighted by atomic mass is 16.5. The molecule has 4 saturated carbocycles. The van der Waals surface area contributed by atoms with E-state index in [0.29, 0.717) is 31.0 Å². The van der Waals surface area contributed by atoms with Crippen molar-refractivity contribution in [3.63, 3.8) is 0 Å². The molecule has 1 heterocycles. The number of nitrogens with zero attached hydrogens (tertiary/aromatic N) is 1. The summed E-state index contributed by atoms with van der Waals surface area (Å²) in [5, 5.41) is 2.94. The Labute approximate surface area is 171 Å².